The molecule has 0 unspecified atom stereocenters. The molecule has 9 heteroatoms. The zero-order valence-electron chi connectivity index (χ0n) is 15.6. The minimum absolute atomic E-state index is 0.244. The Morgan fingerprint density at radius 2 is 2.14 bits per heavy atom. The van der Waals surface area contributed by atoms with Gasteiger partial charge in [-0.15, -0.1) is 0 Å². The van der Waals surface area contributed by atoms with E-state index in [-0.39, 0.29) is 11.7 Å². The van der Waals surface area contributed by atoms with Gasteiger partial charge in [0.05, 0.1) is 17.7 Å². The van der Waals surface area contributed by atoms with Crippen molar-refractivity contribution in [1.82, 2.24) is 5.32 Å². The number of hydrogen-bond donors (Lipinski definition) is 2. The van der Waals surface area contributed by atoms with Crippen molar-refractivity contribution in [2.45, 2.75) is 6.92 Å². The summed E-state index contributed by atoms with van der Waals surface area (Å²) in [5.74, 6) is -0.825. The number of carboxylic acid groups (broad SMARTS) is 1. The molecule has 1 amide bonds. The molecule has 0 radical (unpaired) electrons. The lowest BCUT2D eigenvalue weighted by Crippen LogP contribution is -2.19. The average Bonchev–Trinajstić information content (AvgIpc) is 3.02. The molecule has 1 fully saturated rings. The molecule has 2 aromatic carbocycles. The summed E-state index contributed by atoms with van der Waals surface area (Å²) in [7, 11) is 1.45. The predicted octanol–water partition coefficient (Wildman–Crippen LogP) is 4.01. The summed E-state index contributed by atoms with van der Waals surface area (Å²) in [6.07, 6.45) is 1.60. The smallest absolute Gasteiger partial charge is 0.341 e. The Bertz CT molecular complexity index is 1040. The summed E-state index contributed by atoms with van der Waals surface area (Å²) < 4.78 is 10.6. The second-order valence-corrected chi connectivity index (χ2v) is 7.41. The molecule has 7 nitrogen and oxygen atoms in total. The SMILES string of the molecule is COc1cccc(/C=C2\SC(=Nc3ccc(C)c(Cl)c3)NC2=O)c1OCC(=O)O. The van der Waals surface area contributed by atoms with Gasteiger partial charge in [0.2, 0.25) is 0 Å². The Balaban J connectivity index is 1.89. The molecular formula is C20H17ClN2O5S. The van der Waals surface area contributed by atoms with Gasteiger partial charge in [0.15, 0.2) is 23.3 Å². The van der Waals surface area contributed by atoms with Gasteiger partial charge in [0, 0.05) is 10.6 Å². The van der Waals surface area contributed by atoms with E-state index in [1.807, 2.05) is 19.1 Å². The Morgan fingerprint density at radius 3 is 2.83 bits per heavy atom. The summed E-state index contributed by atoms with van der Waals surface area (Å²) >= 11 is 7.28. The molecule has 3 rings (SSSR count). The van der Waals surface area contributed by atoms with Crippen LogP contribution < -0.4 is 14.8 Å². The second-order valence-electron chi connectivity index (χ2n) is 5.98. The molecule has 0 saturated carbocycles. The van der Waals surface area contributed by atoms with Gasteiger partial charge < -0.3 is 19.9 Å². The molecular weight excluding hydrogens is 416 g/mol. The number of aliphatic carboxylic acids is 1. The van der Waals surface area contributed by atoms with Crippen molar-refractivity contribution in [2.24, 2.45) is 4.99 Å². The van der Waals surface area contributed by atoms with E-state index in [0.29, 0.717) is 32.1 Å². The highest BCUT2D eigenvalue weighted by Crippen LogP contribution is 2.36. The van der Waals surface area contributed by atoms with E-state index in [4.69, 9.17) is 26.2 Å². The van der Waals surface area contributed by atoms with Crippen molar-refractivity contribution < 1.29 is 24.2 Å². The van der Waals surface area contributed by atoms with Gasteiger partial charge in [-0.05, 0) is 48.5 Å². The van der Waals surface area contributed by atoms with Crippen molar-refractivity contribution in [3.05, 3.63) is 57.5 Å². The Morgan fingerprint density at radius 1 is 1.34 bits per heavy atom. The number of ether oxygens (including phenoxy) is 2. The number of carbonyl (C=O) groups excluding carboxylic acids is 1. The summed E-state index contributed by atoms with van der Waals surface area (Å²) in [5, 5.41) is 12.6. The fraction of sp³-hybridized carbons (Fsp3) is 0.150. The van der Waals surface area contributed by atoms with Crippen LogP contribution in [0.2, 0.25) is 5.02 Å². The largest absolute Gasteiger partial charge is 0.493 e. The normalized spacial score (nSPS) is 16.2. The van der Waals surface area contributed by atoms with Crippen LogP contribution in [0.1, 0.15) is 11.1 Å². The van der Waals surface area contributed by atoms with E-state index in [1.165, 1.54) is 7.11 Å². The third kappa shape index (κ3) is 5.10. The van der Waals surface area contributed by atoms with Crippen LogP contribution in [-0.4, -0.2) is 35.9 Å². The number of methoxy groups -OCH3 is 1. The lowest BCUT2D eigenvalue weighted by Gasteiger charge is -2.12. The number of hydrogen-bond acceptors (Lipinski definition) is 6. The Labute approximate surface area is 176 Å². The standard InChI is InChI=1S/C20H17ClN2O5S/c1-11-6-7-13(9-14(11)21)22-20-23-19(26)16(29-20)8-12-4-3-5-15(27-2)18(12)28-10-17(24)25/h3-9H,10H2,1-2H3,(H,24,25)(H,22,23,26)/b16-8-. The lowest BCUT2D eigenvalue weighted by atomic mass is 10.1. The summed E-state index contributed by atoms with van der Waals surface area (Å²) in [6, 6.07) is 10.5. The van der Waals surface area contributed by atoms with Gasteiger partial charge in [-0.2, -0.15) is 0 Å². The summed E-state index contributed by atoms with van der Waals surface area (Å²) in [5.41, 5.74) is 2.07. The number of nitrogens with one attached hydrogen (secondary N) is 1. The first-order valence-electron chi connectivity index (χ1n) is 8.44. The number of amides is 1. The monoisotopic (exact) mass is 432 g/mol. The maximum Gasteiger partial charge on any atom is 0.341 e. The van der Waals surface area contributed by atoms with Crippen LogP contribution in [0.25, 0.3) is 6.08 Å². The van der Waals surface area contributed by atoms with E-state index >= 15 is 0 Å². The van der Waals surface area contributed by atoms with E-state index in [1.54, 1.807) is 30.3 Å². The maximum atomic E-state index is 12.4. The Kier molecular flexibility index (Phi) is 6.46. The molecule has 150 valence electrons. The van der Waals surface area contributed by atoms with Crippen LogP contribution >= 0.6 is 23.4 Å². The molecule has 0 aliphatic carbocycles. The second kappa shape index (κ2) is 9.02. The number of carbonyl (C=O) groups is 2. The topological polar surface area (TPSA) is 97.2 Å². The van der Waals surface area contributed by atoms with Gasteiger partial charge in [-0.3, -0.25) is 4.79 Å². The summed E-state index contributed by atoms with van der Waals surface area (Å²) in [6.45, 7) is 1.36. The zero-order chi connectivity index (χ0) is 21.0. The molecule has 2 N–H and O–H groups in total. The van der Waals surface area contributed by atoms with Gasteiger partial charge in [-0.25, -0.2) is 9.79 Å². The molecule has 0 bridgehead atoms. The van der Waals surface area contributed by atoms with Crippen LogP contribution in [0, 0.1) is 6.92 Å². The zero-order valence-corrected chi connectivity index (χ0v) is 17.1. The molecule has 0 aromatic heterocycles. The van der Waals surface area contributed by atoms with Crippen molar-refractivity contribution in [2.75, 3.05) is 13.7 Å². The van der Waals surface area contributed by atoms with Crippen molar-refractivity contribution >= 4 is 52.2 Å². The number of carboxylic acids is 1. The first-order valence-corrected chi connectivity index (χ1v) is 9.64. The first kappa shape index (κ1) is 20.8. The highest BCUT2D eigenvalue weighted by atomic mass is 35.5. The first-order chi connectivity index (χ1) is 13.9. The van der Waals surface area contributed by atoms with E-state index < -0.39 is 12.6 Å². The van der Waals surface area contributed by atoms with Crippen LogP contribution in [0.5, 0.6) is 11.5 Å². The van der Waals surface area contributed by atoms with Gasteiger partial charge in [-0.1, -0.05) is 29.8 Å². The van der Waals surface area contributed by atoms with Crippen LogP contribution in [-0.2, 0) is 9.59 Å². The van der Waals surface area contributed by atoms with Gasteiger partial charge in [0.25, 0.3) is 5.91 Å². The molecule has 1 heterocycles. The van der Waals surface area contributed by atoms with Gasteiger partial charge >= 0.3 is 5.97 Å². The third-order valence-electron chi connectivity index (χ3n) is 3.89. The number of para-hydroxylation sites is 1. The van der Waals surface area contributed by atoms with Crippen LogP contribution in [0.3, 0.4) is 0 Å². The molecule has 0 atom stereocenters. The van der Waals surface area contributed by atoms with Crippen molar-refractivity contribution in [1.29, 1.82) is 0 Å². The molecule has 1 aliphatic rings. The highest BCUT2D eigenvalue weighted by molar-refractivity contribution is 8.18. The lowest BCUT2D eigenvalue weighted by molar-refractivity contribution is -0.139. The molecule has 29 heavy (non-hydrogen) atoms. The summed E-state index contributed by atoms with van der Waals surface area (Å²) in [4.78, 5) is 28.0. The minimum atomic E-state index is -1.12. The number of aliphatic imine (C=N–C) groups is 1. The van der Waals surface area contributed by atoms with E-state index in [2.05, 4.69) is 10.3 Å². The fourth-order valence-corrected chi connectivity index (χ4v) is 3.49. The predicted molar refractivity (Wildman–Crippen MR) is 113 cm³/mol. The Hall–Kier alpha value is -2.97. The minimum Gasteiger partial charge on any atom is -0.493 e. The van der Waals surface area contributed by atoms with Gasteiger partial charge in [0.1, 0.15) is 0 Å². The quantitative estimate of drug-likeness (QED) is 0.669. The number of rotatable bonds is 6. The maximum absolute atomic E-state index is 12.4. The number of amidine groups is 1. The molecule has 1 aliphatic heterocycles. The number of thioether (sulfide) groups is 1. The third-order valence-corrected chi connectivity index (χ3v) is 5.21. The van der Waals surface area contributed by atoms with Crippen molar-refractivity contribution in [3.8, 4) is 11.5 Å². The number of aryl methyl sites for hydroxylation is 1. The number of benzene rings is 2. The van der Waals surface area contributed by atoms with Crippen LogP contribution in [0.4, 0.5) is 5.69 Å². The molecule has 2 aromatic rings. The number of halogens is 1. The van der Waals surface area contributed by atoms with E-state index in [0.717, 1.165) is 17.3 Å². The molecule has 1 saturated heterocycles. The van der Waals surface area contributed by atoms with Crippen molar-refractivity contribution in [3.63, 3.8) is 0 Å². The number of nitrogens with zero attached hydrogens (tertiary/aromatic N) is 1. The highest BCUT2D eigenvalue weighted by Gasteiger charge is 2.25. The fourth-order valence-electron chi connectivity index (χ4n) is 2.49. The van der Waals surface area contributed by atoms with Crippen LogP contribution in [0.15, 0.2) is 46.3 Å². The molecule has 0 spiro atoms. The average molecular weight is 433 g/mol. The van der Waals surface area contributed by atoms with E-state index in [9.17, 15) is 9.59 Å².